The monoisotopic (exact) mass is 856 g/mol. The highest BCUT2D eigenvalue weighted by molar-refractivity contribution is 7.84. The van der Waals surface area contributed by atoms with Gasteiger partial charge in [0.05, 0.1) is 22.3 Å². The van der Waals surface area contributed by atoms with Crippen LogP contribution in [0.2, 0.25) is 5.02 Å². The van der Waals surface area contributed by atoms with Gasteiger partial charge in [-0.3, -0.25) is 23.7 Å². The predicted molar refractivity (Wildman–Crippen MR) is 198 cm³/mol. The second-order valence-electron chi connectivity index (χ2n) is 13.4. The van der Waals surface area contributed by atoms with Crippen LogP contribution in [0, 0.1) is 0 Å². The van der Waals surface area contributed by atoms with Gasteiger partial charge >= 0.3 is 16.3 Å². The fourth-order valence-corrected chi connectivity index (χ4v) is 7.40. The van der Waals surface area contributed by atoms with Crippen LogP contribution < -0.4 is 27.4 Å². The number of β-lactam (4-membered cyclic amide) rings is 1. The van der Waals surface area contributed by atoms with E-state index in [9.17, 15) is 52.3 Å². The first-order valence-corrected chi connectivity index (χ1v) is 19.4. The van der Waals surface area contributed by atoms with Crippen molar-refractivity contribution in [2.75, 3.05) is 38.5 Å². The minimum absolute atomic E-state index is 0.00601. The SMILES string of the molecule is CC(C)(O/N=C(\C(=O)N[C@@H]1C(=O)N(S(=O)(=O)O)[C@@H]1CNC(=O)c1cc([C@@H]2CCN(C[C@H](N)CNC(=O)c3ccc(O)c(O)c3Cl)C2)no1)c1csc(N)n1)C(=O)O. The average molecular weight is 857 g/mol. The Kier molecular flexibility index (Phi) is 12.6. The number of carbonyl (C=O) groups is 5. The number of phenolic OH excluding ortho intramolecular Hbond substituents is 2. The first kappa shape index (κ1) is 42.5. The number of likely N-dealkylation sites (tertiary alicyclic amines) is 1. The maximum Gasteiger partial charge on any atom is 0.362 e. The summed E-state index contributed by atoms with van der Waals surface area (Å²) in [6.45, 7) is 3.19. The highest BCUT2D eigenvalue weighted by Crippen LogP contribution is 2.35. The van der Waals surface area contributed by atoms with Gasteiger partial charge in [-0.1, -0.05) is 21.9 Å². The normalized spacial score (nSPS) is 19.5. The Bertz CT molecular complexity index is 2210. The van der Waals surface area contributed by atoms with E-state index in [0.717, 1.165) is 31.3 Å². The van der Waals surface area contributed by atoms with Crippen molar-refractivity contribution in [2.45, 2.75) is 49.9 Å². The lowest BCUT2D eigenvalue weighted by atomic mass is 9.98. The molecular formula is C31H37ClN10O13S2. The summed E-state index contributed by atoms with van der Waals surface area (Å²) in [5.74, 6) is -6.83. The number of anilines is 1. The van der Waals surface area contributed by atoms with E-state index in [1.54, 1.807) is 0 Å². The van der Waals surface area contributed by atoms with Gasteiger partial charge in [0.1, 0.15) is 11.7 Å². The highest BCUT2D eigenvalue weighted by atomic mass is 35.5. The van der Waals surface area contributed by atoms with Gasteiger partial charge in [-0.05, 0) is 38.9 Å². The quantitative estimate of drug-likeness (QED) is 0.0270. The number of carbonyl (C=O) groups excluding carboxylic acids is 4. The molecule has 2 aliphatic heterocycles. The summed E-state index contributed by atoms with van der Waals surface area (Å²) in [6, 6.07) is 0.0908. The van der Waals surface area contributed by atoms with Crippen LogP contribution in [0.15, 0.2) is 33.3 Å². The van der Waals surface area contributed by atoms with Crippen LogP contribution in [0.3, 0.4) is 0 Å². The van der Waals surface area contributed by atoms with E-state index in [2.05, 4.69) is 31.2 Å². The van der Waals surface area contributed by atoms with E-state index in [4.69, 9.17) is 32.4 Å². The maximum absolute atomic E-state index is 13.3. The number of nitrogens with two attached hydrogens (primary N) is 2. The average Bonchev–Trinajstić information content (AvgIpc) is 3.91. The van der Waals surface area contributed by atoms with E-state index >= 15 is 0 Å². The zero-order valence-electron chi connectivity index (χ0n) is 29.9. The molecule has 0 unspecified atom stereocenters. The number of oxime groups is 1. The molecule has 57 heavy (non-hydrogen) atoms. The number of hydrogen-bond donors (Lipinski definition) is 9. The molecule has 0 bridgehead atoms. The molecular weight excluding hydrogens is 820 g/mol. The van der Waals surface area contributed by atoms with E-state index in [-0.39, 0.29) is 43.9 Å². The van der Waals surface area contributed by atoms with Gasteiger partial charge in [-0.2, -0.15) is 8.42 Å². The lowest BCUT2D eigenvalue weighted by Gasteiger charge is -2.44. The molecule has 1 aromatic carbocycles. The van der Waals surface area contributed by atoms with Gasteiger partial charge in [-0.25, -0.2) is 14.1 Å². The molecule has 0 radical (unpaired) electrons. The van der Waals surface area contributed by atoms with Crippen LogP contribution in [-0.2, 0) is 29.5 Å². The Balaban J connectivity index is 1.17. The lowest BCUT2D eigenvalue weighted by Crippen LogP contribution is -2.74. The van der Waals surface area contributed by atoms with Crippen molar-refractivity contribution in [1.29, 1.82) is 0 Å². The maximum atomic E-state index is 13.3. The molecule has 4 amide bonds. The van der Waals surface area contributed by atoms with Gasteiger partial charge in [0, 0.05) is 49.6 Å². The van der Waals surface area contributed by atoms with Crippen LogP contribution in [0.25, 0.3) is 0 Å². The molecule has 11 N–H and O–H groups in total. The van der Waals surface area contributed by atoms with Crippen molar-refractivity contribution in [1.82, 2.24) is 35.3 Å². The minimum Gasteiger partial charge on any atom is -0.504 e. The standard InChI is InChI=1S/C31H37ClN10O13S2/c1-31(2,29(49)50)55-40-22(17-12-56-30(34)37-17)27(47)38-23-18(42(28(23)48)57(51,52)53)9-36-26(46)20-7-16(39-54-20)13-5-6-41(10-13)11-14(33)8-35-25(45)15-3-4-19(43)24(44)21(15)32/h3-4,7,12-14,18,23,43-44H,5-6,8-11,33H2,1-2H3,(H2,34,37)(H,35,45)(H,36,46)(H,38,47)(H,49,50)(H,51,52,53)/b40-22-/t13-,14-,18-,23+/m1/s1. The molecule has 26 heteroatoms. The fourth-order valence-electron chi connectivity index (χ4n) is 5.73. The number of aliphatic carboxylic acids is 1. The number of hydrogen-bond acceptors (Lipinski definition) is 18. The third-order valence-electron chi connectivity index (χ3n) is 8.84. The topological polar surface area (TPSA) is 356 Å². The first-order chi connectivity index (χ1) is 26.7. The molecule has 0 aliphatic carbocycles. The number of aromatic nitrogens is 2. The first-order valence-electron chi connectivity index (χ1n) is 16.7. The van der Waals surface area contributed by atoms with Gasteiger partial charge in [-0.15, -0.1) is 11.3 Å². The van der Waals surface area contributed by atoms with Crippen molar-refractivity contribution >= 4 is 73.7 Å². The molecule has 2 fully saturated rings. The molecule has 3 aromatic rings. The number of benzene rings is 1. The molecule has 5 rings (SSSR count). The van der Waals surface area contributed by atoms with Gasteiger partial charge < -0.3 is 57.0 Å². The number of nitrogen functional groups attached to an aromatic ring is 1. The Labute approximate surface area is 331 Å². The third kappa shape index (κ3) is 9.69. The summed E-state index contributed by atoms with van der Waals surface area (Å²) in [4.78, 5) is 74.2. The molecule has 308 valence electrons. The summed E-state index contributed by atoms with van der Waals surface area (Å²) < 4.78 is 39.1. The number of phenols is 2. The zero-order chi connectivity index (χ0) is 42.0. The van der Waals surface area contributed by atoms with Crippen molar-refractivity contribution in [2.24, 2.45) is 10.9 Å². The summed E-state index contributed by atoms with van der Waals surface area (Å²) in [7, 11) is -5.16. The molecule has 2 aromatic heterocycles. The Morgan fingerprint density at radius 2 is 1.93 bits per heavy atom. The number of rotatable bonds is 16. The third-order valence-corrected chi connectivity index (χ3v) is 10.8. The minimum atomic E-state index is -5.16. The number of carboxylic acid groups (broad SMARTS) is 1. The molecule has 2 aliphatic rings. The number of amides is 4. The second-order valence-corrected chi connectivity index (χ2v) is 15.9. The van der Waals surface area contributed by atoms with Crippen LogP contribution in [-0.4, -0.2) is 139 Å². The Hall–Kier alpha value is -5.60. The largest absolute Gasteiger partial charge is 0.504 e. The number of aromatic hydroxyl groups is 2. The van der Waals surface area contributed by atoms with Crippen LogP contribution in [0.4, 0.5) is 5.13 Å². The second kappa shape index (κ2) is 16.9. The summed E-state index contributed by atoms with van der Waals surface area (Å²) >= 11 is 6.86. The fraction of sp³-hybridized carbons (Fsp3) is 0.419. The van der Waals surface area contributed by atoms with Crippen molar-refractivity contribution in [3.63, 3.8) is 0 Å². The van der Waals surface area contributed by atoms with E-state index in [1.807, 2.05) is 4.90 Å². The molecule has 23 nitrogen and oxygen atoms in total. The molecule has 4 atom stereocenters. The van der Waals surface area contributed by atoms with Crippen molar-refractivity contribution in [3.8, 4) is 11.5 Å². The number of nitrogens with zero attached hydrogens (tertiary/aromatic N) is 5. The van der Waals surface area contributed by atoms with Crippen LogP contribution >= 0.6 is 22.9 Å². The Morgan fingerprint density at radius 1 is 1.21 bits per heavy atom. The lowest BCUT2D eigenvalue weighted by molar-refractivity contribution is -0.161. The number of nitrogens with one attached hydrogen (secondary N) is 3. The van der Waals surface area contributed by atoms with Gasteiger partial charge in [0.25, 0.3) is 23.6 Å². The van der Waals surface area contributed by atoms with E-state index in [0.29, 0.717) is 31.7 Å². The van der Waals surface area contributed by atoms with Crippen molar-refractivity contribution < 1.29 is 61.6 Å². The van der Waals surface area contributed by atoms with E-state index in [1.165, 1.54) is 17.5 Å². The Morgan fingerprint density at radius 3 is 2.58 bits per heavy atom. The summed E-state index contributed by atoms with van der Waals surface area (Å²) in [5, 5.41) is 44.6. The van der Waals surface area contributed by atoms with Crippen LogP contribution in [0.5, 0.6) is 11.5 Å². The summed E-state index contributed by atoms with van der Waals surface area (Å²) in [6.07, 6.45) is 0.613. The number of thiazole rings is 1. The zero-order valence-corrected chi connectivity index (χ0v) is 32.3. The number of carboxylic acids is 1. The van der Waals surface area contributed by atoms with Gasteiger partial charge in [0.15, 0.2) is 22.3 Å². The molecule has 0 spiro atoms. The summed E-state index contributed by atoms with van der Waals surface area (Å²) in [5.41, 5.74) is 9.61. The van der Waals surface area contributed by atoms with E-state index < -0.39 is 87.4 Å². The predicted octanol–water partition coefficient (Wildman–Crippen LogP) is -1.16. The van der Waals surface area contributed by atoms with Gasteiger partial charge in [0.2, 0.25) is 11.4 Å². The molecule has 0 saturated carbocycles. The molecule has 2 saturated heterocycles. The smallest absolute Gasteiger partial charge is 0.362 e. The van der Waals surface area contributed by atoms with Crippen molar-refractivity contribution in [3.05, 3.63) is 51.3 Å². The van der Waals surface area contributed by atoms with Crippen LogP contribution in [0.1, 0.15) is 58.5 Å². The number of halogens is 1. The highest BCUT2D eigenvalue weighted by Gasteiger charge is 2.54. The molecule has 4 heterocycles.